The molecule has 1 aromatic rings. The molecular weight excluding hydrogens is 174 g/mol. The van der Waals surface area contributed by atoms with Crippen LogP contribution in [0.15, 0.2) is 18.3 Å². The Morgan fingerprint density at radius 1 is 1.43 bits per heavy atom. The van der Waals surface area contributed by atoms with Crippen molar-refractivity contribution < 1.29 is 0 Å². The fraction of sp³-hybridized carbons (Fsp3) is 0.545. The summed E-state index contributed by atoms with van der Waals surface area (Å²) in [5.41, 5.74) is 6.86. The molecule has 0 radical (unpaired) electrons. The van der Waals surface area contributed by atoms with Crippen LogP contribution in [0.3, 0.4) is 0 Å². The van der Waals surface area contributed by atoms with Crippen molar-refractivity contribution >= 4 is 11.5 Å². The van der Waals surface area contributed by atoms with E-state index >= 15 is 0 Å². The van der Waals surface area contributed by atoms with E-state index in [1.165, 1.54) is 0 Å². The number of pyridine rings is 1. The lowest BCUT2D eigenvalue weighted by Crippen LogP contribution is -2.31. The summed E-state index contributed by atoms with van der Waals surface area (Å²) in [5, 5.41) is 3.36. The maximum Gasteiger partial charge on any atom is 0.146 e. The molecule has 1 unspecified atom stereocenters. The molecule has 3 nitrogen and oxygen atoms in total. The molecule has 0 aromatic carbocycles. The molecule has 1 rings (SSSR count). The summed E-state index contributed by atoms with van der Waals surface area (Å²) in [6.45, 7) is 8.72. The molecule has 0 spiro atoms. The number of anilines is 2. The van der Waals surface area contributed by atoms with E-state index in [0.717, 1.165) is 5.69 Å². The molecule has 0 saturated heterocycles. The van der Waals surface area contributed by atoms with Crippen molar-refractivity contribution in [3.8, 4) is 0 Å². The number of nitrogens with two attached hydrogens (primary N) is 1. The molecule has 1 aromatic heterocycles. The van der Waals surface area contributed by atoms with Crippen LogP contribution in [-0.4, -0.2) is 11.0 Å². The third-order valence-electron chi connectivity index (χ3n) is 2.51. The van der Waals surface area contributed by atoms with Crippen molar-refractivity contribution in [2.24, 2.45) is 5.41 Å². The first-order chi connectivity index (χ1) is 6.41. The highest BCUT2D eigenvalue weighted by atomic mass is 15.0. The number of aromatic nitrogens is 1. The van der Waals surface area contributed by atoms with Gasteiger partial charge in [0.15, 0.2) is 0 Å². The van der Waals surface area contributed by atoms with E-state index in [1.807, 2.05) is 12.1 Å². The van der Waals surface area contributed by atoms with Crippen molar-refractivity contribution in [2.45, 2.75) is 33.7 Å². The average Bonchev–Trinajstić information content (AvgIpc) is 2.07. The van der Waals surface area contributed by atoms with Crippen LogP contribution in [0.4, 0.5) is 11.5 Å². The SMILES string of the molecule is CC(Nc1cccnc1N)C(C)(C)C. The van der Waals surface area contributed by atoms with Crippen molar-refractivity contribution in [2.75, 3.05) is 11.1 Å². The maximum absolute atomic E-state index is 5.74. The minimum atomic E-state index is 0.211. The van der Waals surface area contributed by atoms with Gasteiger partial charge in [0, 0.05) is 12.2 Å². The molecule has 14 heavy (non-hydrogen) atoms. The Balaban J connectivity index is 2.75. The van der Waals surface area contributed by atoms with E-state index in [9.17, 15) is 0 Å². The van der Waals surface area contributed by atoms with Gasteiger partial charge in [-0.25, -0.2) is 4.98 Å². The minimum absolute atomic E-state index is 0.211. The normalized spacial score (nSPS) is 13.7. The van der Waals surface area contributed by atoms with Crippen LogP contribution in [-0.2, 0) is 0 Å². The second kappa shape index (κ2) is 3.86. The number of nitrogens with zero attached hydrogens (tertiary/aromatic N) is 1. The second-order valence-corrected chi connectivity index (χ2v) is 4.67. The Kier molecular flexibility index (Phi) is 2.99. The van der Waals surface area contributed by atoms with Crippen molar-refractivity contribution in [3.05, 3.63) is 18.3 Å². The molecule has 0 fully saturated rings. The second-order valence-electron chi connectivity index (χ2n) is 4.67. The molecule has 0 aliphatic heterocycles. The first kappa shape index (κ1) is 10.8. The van der Waals surface area contributed by atoms with Crippen molar-refractivity contribution in [1.82, 2.24) is 4.98 Å². The van der Waals surface area contributed by atoms with E-state index in [2.05, 4.69) is 38.0 Å². The lowest BCUT2D eigenvalue weighted by atomic mass is 9.88. The largest absolute Gasteiger partial charge is 0.382 e. The molecule has 3 N–H and O–H groups in total. The summed E-state index contributed by atoms with van der Waals surface area (Å²) < 4.78 is 0. The Morgan fingerprint density at radius 3 is 2.57 bits per heavy atom. The molecule has 0 amide bonds. The summed E-state index contributed by atoms with van der Waals surface area (Å²) in [7, 11) is 0. The first-order valence-corrected chi connectivity index (χ1v) is 4.88. The Labute approximate surface area is 85.7 Å². The van der Waals surface area contributed by atoms with Gasteiger partial charge in [-0.2, -0.15) is 0 Å². The van der Waals surface area contributed by atoms with Gasteiger partial charge in [0.1, 0.15) is 5.82 Å². The number of hydrogen-bond acceptors (Lipinski definition) is 3. The molecular formula is C11H19N3. The topological polar surface area (TPSA) is 50.9 Å². The average molecular weight is 193 g/mol. The summed E-state index contributed by atoms with van der Waals surface area (Å²) in [5.74, 6) is 0.559. The molecule has 0 aliphatic carbocycles. The molecule has 1 heterocycles. The monoisotopic (exact) mass is 193 g/mol. The highest BCUT2D eigenvalue weighted by molar-refractivity contribution is 5.61. The number of nitrogens with one attached hydrogen (secondary N) is 1. The molecule has 0 bridgehead atoms. The minimum Gasteiger partial charge on any atom is -0.382 e. The van der Waals surface area contributed by atoms with E-state index in [0.29, 0.717) is 11.9 Å². The Bertz CT molecular complexity index is 302. The van der Waals surface area contributed by atoms with E-state index in [-0.39, 0.29) is 5.41 Å². The van der Waals surface area contributed by atoms with E-state index in [4.69, 9.17) is 5.73 Å². The Hall–Kier alpha value is -1.25. The zero-order valence-corrected chi connectivity index (χ0v) is 9.33. The quantitative estimate of drug-likeness (QED) is 0.758. The summed E-state index contributed by atoms with van der Waals surface area (Å²) in [4.78, 5) is 4.03. The number of nitrogen functional groups attached to an aromatic ring is 1. The highest BCUT2D eigenvalue weighted by Gasteiger charge is 2.20. The maximum atomic E-state index is 5.74. The molecule has 3 heteroatoms. The van der Waals surface area contributed by atoms with Gasteiger partial charge in [-0.3, -0.25) is 0 Å². The number of hydrogen-bond donors (Lipinski definition) is 2. The van der Waals surface area contributed by atoms with E-state index < -0.39 is 0 Å². The predicted octanol–water partition coefficient (Wildman–Crippen LogP) is 2.51. The standard InChI is InChI=1S/C11H19N3/c1-8(11(2,3)4)14-9-6-5-7-13-10(9)12/h5-8,14H,1-4H3,(H2,12,13). The van der Waals surface area contributed by atoms with Crippen LogP contribution in [0.1, 0.15) is 27.7 Å². The van der Waals surface area contributed by atoms with Crippen LogP contribution < -0.4 is 11.1 Å². The van der Waals surface area contributed by atoms with Crippen LogP contribution in [0, 0.1) is 5.41 Å². The fourth-order valence-corrected chi connectivity index (χ4v) is 0.989. The third kappa shape index (κ3) is 2.62. The zero-order chi connectivity index (χ0) is 10.8. The Morgan fingerprint density at radius 2 is 2.07 bits per heavy atom. The molecule has 0 saturated carbocycles. The predicted molar refractivity (Wildman–Crippen MR) is 61.2 cm³/mol. The van der Waals surface area contributed by atoms with Gasteiger partial charge in [0.25, 0.3) is 0 Å². The summed E-state index contributed by atoms with van der Waals surface area (Å²) in [6, 6.07) is 4.19. The van der Waals surface area contributed by atoms with Gasteiger partial charge in [-0.05, 0) is 24.5 Å². The van der Waals surface area contributed by atoms with Gasteiger partial charge >= 0.3 is 0 Å². The van der Waals surface area contributed by atoms with Crippen LogP contribution >= 0.6 is 0 Å². The summed E-state index contributed by atoms with van der Waals surface area (Å²) in [6.07, 6.45) is 1.70. The van der Waals surface area contributed by atoms with Crippen molar-refractivity contribution in [1.29, 1.82) is 0 Å². The molecule has 78 valence electrons. The smallest absolute Gasteiger partial charge is 0.146 e. The lowest BCUT2D eigenvalue weighted by Gasteiger charge is -2.29. The van der Waals surface area contributed by atoms with Gasteiger partial charge < -0.3 is 11.1 Å². The van der Waals surface area contributed by atoms with Gasteiger partial charge in [0.2, 0.25) is 0 Å². The highest BCUT2D eigenvalue weighted by Crippen LogP contribution is 2.24. The van der Waals surface area contributed by atoms with Crippen molar-refractivity contribution in [3.63, 3.8) is 0 Å². The summed E-state index contributed by atoms with van der Waals surface area (Å²) >= 11 is 0. The fourth-order valence-electron chi connectivity index (χ4n) is 0.989. The zero-order valence-electron chi connectivity index (χ0n) is 9.33. The molecule has 1 atom stereocenters. The van der Waals surface area contributed by atoms with Gasteiger partial charge in [0.05, 0.1) is 5.69 Å². The van der Waals surface area contributed by atoms with E-state index in [1.54, 1.807) is 6.20 Å². The van der Waals surface area contributed by atoms with Gasteiger partial charge in [-0.1, -0.05) is 20.8 Å². The number of rotatable bonds is 2. The third-order valence-corrected chi connectivity index (χ3v) is 2.51. The molecule has 0 aliphatic rings. The van der Waals surface area contributed by atoms with Gasteiger partial charge in [-0.15, -0.1) is 0 Å². The van der Waals surface area contributed by atoms with Crippen LogP contribution in [0.5, 0.6) is 0 Å². The first-order valence-electron chi connectivity index (χ1n) is 4.88. The lowest BCUT2D eigenvalue weighted by molar-refractivity contribution is 0.359. The van der Waals surface area contributed by atoms with Crippen LogP contribution in [0.25, 0.3) is 0 Å². The van der Waals surface area contributed by atoms with Crippen LogP contribution in [0.2, 0.25) is 0 Å².